The normalized spacial score (nSPS) is 11.0. The maximum Gasteiger partial charge on any atom is 0.432 e. The molecule has 3 rings (SSSR count). The summed E-state index contributed by atoms with van der Waals surface area (Å²) in [5, 5.41) is 6.66. The van der Waals surface area contributed by atoms with Gasteiger partial charge in [-0.25, -0.2) is 4.98 Å². The molecule has 3 aromatic rings. The molecule has 0 radical (unpaired) electrons. The first kappa shape index (κ1) is 22.9. The second-order valence-corrected chi connectivity index (χ2v) is 6.48. The van der Waals surface area contributed by atoms with Crippen LogP contribution in [0.1, 0.15) is 18.3 Å². The number of halogens is 3. The summed E-state index contributed by atoms with van der Waals surface area (Å²) >= 11 is 0. The number of amides is 1. The quantitative estimate of drug-likeness (QED) is 0.429. The van der Waals surface area contributed by atoms with Crippen LogP contribution in [-0.2, 0) is 22.8 Å². The van der Waals surface area contributed by atoms with E-state index in [4.69, 9.17) is 9.47 Å². The average Bonchev–Trinajstić information content (AvgIpc) is 3.40. The van der Waals surface area contributed by atoms with Crippen molar-refractivity contribution in [3.8, 4) is 29.0 Å². The van der Waals surface area contributed by atoms with E-state index in [1.165, 1.54) is 18.2 Å². The van der Waals surface area contributed by atoms with E-state index in [9.17, 15) is 18.0 Å². The van der Waals surface area contributed by atoms with Crippen molar-refractivity contribution < 1.29 is 27.4 Å². The molecule has 0 saturated heterocycles. The SMILES string of the molecule is CCOCCOc1ccc(-c2ncc(C(F)(F)F)[nH]2)cc1NC(=O)C#Cc1ccn(C)n1. The Balaban J connectivity index is 1.84. The number of nitrogens with one attached hydrogen (secondary N) is 2. The minimum Gasteiger partial charge on any atom is -0.489 e. The van der Waals surface area contributed by atoms with E-state index in [1.54, 1.807) is 24.0 Å². The number of carbonyl (C=O) groups is 1. The van der Waals surface area contributed by atoms with E-state index in [0.717, 1.165) is 0 Å². The van der Waals surface area contributed by atoms with Gasteiger partial charge in [0.15, 0.2) is 0 Å². The van der Waals surface area contributed by atoms with Crippen LogP contribution in [0, 0.1) is 11.8 Å². The van der Waals surface area contributed by atoms with E-state index in [0.29, 0.717) is 36.4 Å². The fourth-order valence-corrected chi connectivity index (χ4v) is 2.62. The molecule has 0 fully saturated rings. The summed E-state index contributed by atoms with van der Waals surface area (Å²) < 4.78 is 51.1. The van der Waals surface area contributed by atoms with Gasteiger partial charge in [0.25, 0.3) is 0 Å². The third-order valence-electron chi connectivity index (χ3n) is 4.09. The summed E-state index contributed by atoms with van der Waals surface area (Å²) in [6.45, 7) is 2.92. The lowest BCUT2D eigenvalue weighted by atomic mass is 10.1. The van der Waals surface area contributed by atoms with Crippen molar-refractivity contribution >= 4 is 11.6 Å². The van der Waals surface area contributed by atoms with Gasteiger partial charge in [0, 0.05) is 31.3 Å². The van der Waals surface area contributed by atoms with Crippen molar-refractivity contribution in [3.63, 3.8) is 0 Å². The zero-order chi connectivity index (χ0) is 23.1. The predicted octanol–water partition coefficient (Wildman–Crippen LogP) is 3.23. The van der Waals surface area contributed by atoms with Crippen molar-refractivity contribution in [1.29, 1.82) is 0 Å². The Morgan fingerprint density at radius 3 is 2.75 bits per heavy atom. The molecule has 0 spiro atoms. The van der Waals surface area contributed by atoms with Crippen molar-refractivity contribution in [2.75, 3.05) is 25.1 Å². The van der Waals surface area contributed by atoms with Crippen LogP contribution in [0.5, 0.6) is 5.75 Å². The number of rotatable bonds is 7. The van der Waals surface area contributed by atoms with Crippen LogP contribution in [0.25, 0.3) is 11.4 Å². The van der Waals surface area contributed by atoms with Crippen LogP contribution in [-0.4, -0.2) is 45.5 Å². The van der Waals surface area contributed by atoms with Crippen LogP contribution in [0.2, 0.25) is 0 Å². The van der Waals surface area contributed by atoms with Crippen LogP contribution in [0.3, 0.4) is 0 Å². The lowest BCUT2D eigenvalue weighted by Gasteiger charge is -2.13. The molecule has 168 valence electrons. The summed E-state index contributed by atoms with van der Waals surface area (Å²) in [7, 11) is 1.72. The van der Waals surface area contributed by atoms with Gasteiger partial charge in [0.2, 0.25) is 0 Å². The molecule has 0 atom stereocenters. The number of anilines is 1. The maximum atomic E-state index is 12.9. The third kappa shape index (κ3) is 6.12. The lowest BCUT2D eigenvalue weighted by molar-refractivity contribution is -0.140. The number of carbonyl (C=O) groups excluding carboxylic acids is 1. The molecule has 11 heteroatoms. The van der Waals surface area contributed by atoms with Crippen molar-refractivity contribution in [2.24, 2.45) is 7.05 Å². The molecule has 0 aliphatic heterocycles. The van der Waals surface area contributed by atoms with Gasteiger partial charge in [-0.15, -0.1) is 0 Å². The lowest BCUT2D eigenvalue weighted by Crippen LogP contribution is -2.12. The highest BCUT2D eigenvalue weighted by molar-refractivity contribution is 6.05. The third-order valence-corrected chi connectivity index (χ3v) is 4.09. The molecular formula is C21H20F3N5O3. The number of ether oxygens (including phenoxy) is 2. The van der Waals surface area contributed by atoms with Crippen LogP contribution < -0.4 is 10.1 Å². The predicted molar refractivity (Wildman–Crippen MR) is 110 cm³/mol. The van der Waals surface area contributed by atoms with Crippen LogP contribution in [0.4, 0.5) is 18.9 Å². The highest BCUT2D eigenvalue weighted by Crippen LogP contribution is 2.32. The Morgan fingerprint density at radius 1 is 1.28 bits per heavy atom. The number of H-pyrrole nitrogens is 1. The Kier molecular flexibility index (Phi) is 7.17. The zero-order valence-electron chi connectivity index (χ0n) is 17.3. The first-order valence-corrected chi connectivity index (χ1v) is 9.56. The number of hydrogen-bond acceptors (Lipinski definition) is 5. The minimum atomic E-state index is -4.55. The van der Waals surface area contributed by atoms with Gasteiger partial charge >= 0.3 is 12.1 Å². The molecule has 0 unspecified atom stereocenters. The van der Waals surface area contributed by atoms with Gasteiger partial charge in [-0.3, -0.25) is 9.48 Å². The van der Waals surface area contributed by atoms with Gasteiger partial charge in [-0.05, 0) is 37.1 Å². The van der Waals surface area contributed by atoms with Gasteiger partial charge in [-0.1, -0.05) is 0 Å². The minimum absolute atomic E-state index is 0.00624. The van der Waals surface area contributed by atoms with Crippen molar-refractivity contribution in [3.05, 3.63) is 48.0 Å². The zero-order valence-corrected chi connectivity index (χ0v) is 17.3. The summed E-state index contributed by atoms with van der Waals surface area (Å²) in [6, 6.07) is 6.16. The summed E-state index contributed by atoms with van der Waals surface area (Å²) in [5.74, 6) is 4.71. The molecule has 32 heavy (non-hydrogen) atoms. The number of aromatic amines is 1. The fourth-order valence-electron chi connectivity index (χ4n) is 2.62. The molecular weight excluding hydrogens is 427 g/mol. The smallest absolute Gasteiger partial charge is 0.432 e. The molecule has 0 aliphatic rings. The molecule has 2 heterocycles. The topological polar surface area (TPSA) is 94.1 Å². The highest BCUT2D eigenvalue weighted by atomic mass is 19.4. The van der Waals surface area contributed by atoms with Crippen LogP contribution in [0.15, 0.2) is 36.7 Å². The van der Waals surface area contributed by atoms with Gasteiger partial charge in [0.1, 0.15) is 29.6 Å². The van der Waals surface area contributed by atoms with Gasteiger partial charge < -0.3 is 19.8 Å². The molecule has 0 bridgehead atoms. The standard InChI is InChI=1S/C21H20F3N5O3/c1-3-31-10-11-32-17-6-4-14(20-25-13-18(27-20)21(22,23)24)12-16(17)26-19(30)7-5-15-8-9-29(2)28-15/h4,6,8-9,12-13H,3,10-11H2,1-2H3,(H,25,27)(H,26,30). The number of hydrogen-bond donors (Lipinski definition) is 2. The fraction of sp³-hybridized carbons (Fsp3) is 0.286. The summed E-state index contributed by atoms with van der Waals surface area (Å²) in [4.78, 5) is 18.3. The van der Waals surface area contributed by atoms with Gasteiger partial charge in [-0.2, -0.15) is 18.3 Å². The van der Waals surface area contributed by atoms with E-state index >= 15 is 0 Å². The second-order valence-electron chi connectivity index (χ2n) is 6.48. The van der Waals surface area contributed by atoms with Crippen LogP contribution >= 0.6 is 0 Å². The number of aromatic nitrogens is 4. The van der Waals surface area contributed by atoms with Crippen molar-refractivity contribution in [1.82, 2.24) is 19.7 Å². The number of alkyl halides is 3. The molecule has 2 aromatic heterocycles. The second kappa shape index (κ2) is 10.0. The maximum absolute atomic E-state index is 12.9. The number of imidazole rings is 1. The number of nitrogens with zero attached hydrogens (tertiary/aromatic N) is 3. The Hall–Kier alpha value is -3.78. The number of aryl methyl sites for hydroxylation is 1. The first-order chi connectivity index (χ1) is 15.3. The molecule has 8 nitrogen and oxygen atoms in total. The molecule has 0 aliphatic carbocycles. The average molecular weight is 447 g/mol. The molecule has 1 aromatic carbocycles. The Labute approximate surface area is 181 Å². The molecule has 2 N–H and O–H groups in total. The summed E-state index contributed by atoms with van der Waals surface area (Å²) in [6.07, 6.45) is -2.15. The van der Waals surface area contributed by atoms with E-state index < -0.39 is 17.8 Å². The van der Waals surface area contributed by atoms with Crippen molar-refractivity contribution in [2.45, 2.75) is 13.1 Å². The molecule has 0 saturated carbocycles. The highest BCUT2D eigenvalue weighted by Gasteiger charge is 2.33. The number of benzene rings is 1. The molecule has 1 amide bonds. The largest absolute Gasteiger partial charge is 0.489 e. The van der Waals surface area contributed by atoms with E-state index in [2.05, 4.69) is 32.2 Å². The Bertz CT molecular complexity index is 1140. The van der Waals surface area contributed by atoms with E-state index in [-0.39, 0.29) is 18.1 Å². The van der Waals surface area contributed by atoms with E-state index in [1.807, 2.05) is 6.92 Å². The Morgan fingerprint density at radius 2 is 2.09 bits per heavy atom. The summed E-state index contributed by atoms with van der Waals surface area (Å²) in [5.41, 5.74) is -0.00821. The monoisotopic (exact) mass is 447 g/mol. The van der Waals surface area contributed by atoms with Gasteiger partial charge in [0.05, 0.1) is 18.5 Å². The first-order valence-electron chi connectivity index (χ1n) is 9.56.